The van der Waals surface area contributed by atoms with Crippen LogP contribution < -0.4 is 0 Å². The van der Waals surface area contributed by atoms with Gasteiger partial charge in [-0.1, -0.05) is 36.8 Å². The summed E-state index contributed by atoms with van der Waals surface area (Å²) in [6.07, 6.45) is 3.25. The van der Waals surface area contributed by atoms with Gasteiger partial charge in [-0.25, -0.2) is 0 Å². The van der Waals surface area contributed by atoms with Gasteiger partial charge < -0.3 is 5.11 Å². The normalized spacial score (nSPS) is 17.4. The molecule has 2 heteroatoms. The van der Waals surface area contributed by atoms with E-state index in [1.165, 1.54) is 24.0 Å². The van der Waals surface area contributed by atoms with E-state index in [-0.39, 0.29) is 6.10 Å². The maximum Gasteiger partial charge on any atom is 0.0664 e. The highest BCUT2D eigenvalue weighted by Gasteiger charge is 2.29. The van der Waals surface area contributed by atoms with Crippen LogP contribution in [0.3, 0.4) is 0 Å². The predicted molar refractivity (Wildman–Crippen MR) is 70.9 cm³/mol. The molecule has 1 saturated carbocycles. The average Bonchev–Trinajstić information content (AvgIpc) is 3.15. The Bertz CT molecular complexity index is 342. The Balaban J connectivity index is 1.95. The zero-order chi connectivity index (χ0) is 12.3. The Hall–Kier alpha value is -0.860. The molecule has 2 nitrogen and oxygen atoms in total. The van der Waals surface area contributed by atoms with Crippen molar-refractivity contribution in [3.05, 3.63) is 35.4 Å². The van der Waals surface area contributed by atoms with E-state index in [1.807, 2.05) is 6.92 Å². The molecule has 0 spiro atoms. The molecule has 1 aromatic rings. The number of aliphatic hydroxyl groups excluding tert-OH is 1. The summed E-state index contributed by atoms with van der Waals surface area (Å²) in [5, 5.41) is 9.79. The van der Waals surface area contributed by atoms with Gasteiger partial charge in [0.1, 0.15) is 0 Å². The highest BCUT2D eigenvalue weighted by atomic mass is 16.3. The third-order valence-electron chi connectivity index (χ3n) is 3.49. The molecule has 1 fully saturated rings. The summed E-state index contributed by atoms with van der Waals surface area (Å²) in [7, 11) is 0. The molecule has 0 amide bonds. The summed E-state index contributed by atoms with van der Waals surface area (Å²) in [4.78, 5) is 2.43. The smallest absolute Gasteiger partial charge is 0.0664 e. The van der Waals surface area contributed by atoms with E-state index in [0.29, 0.717) is 6.04 Å². The van der Waals surface area contributed by atoms with Crippen LogP contribution >= 0.6 is 0 Å². The molecule has 0 aliphatic heterocycles. The van der Waals surface area contributed by atoms with Crippen LogP contribution in [0.4, 0.5) is 0 Å². The maximum absolute atomic E-state index is 9.79. The Morgan fingerprint density at radius 3 is 2.47 bits per heavy atom. The zero-order valence-electron chi connectivity index (χ0n) is 10.9. The fraction of sp³-hybridized carbons (Fsp3) is 0.600. The van der Waals surface area contributed by atoms with E-state index in [1.54, 1.807) is 0 Å². The van der Waals surface area contributed by atoms with Gasteiger partial charge in [0.15, 0.2) is 0 Å². The van der Waals surface area contributed by atoms with E-state index in [9.17, 15) is 5.11 Å². The lowest BCUT2D eigenvalue weighted by molar-refractivity contribution is 0.101. The molecule has 94 valence electrons. The molecule has 1 unspecified atom stereocenters. The number of nitrogens with zero attached hydrogens (tertiary/aromatic N) is 1. The molecule has 1 aliphatic rings. The minimum Gasteiger partial charge on any atom is -0.392 e. The van der Waals surface area contributed by atoms with Crippen LogP contribution in [0.5, 0.6) is 0 Å². The molecule has 1 N–H and O–H groups in total. The van der Waals surface area contributed by atoms with Crippen molar-refractivity contribution >= 4 is 0 Å². The topological polar surface area (TPSA) is 23.5 Å². The van der Waals surface area contributed by atoms with Crippen LogP contribution in [0.2, 0.25) is 0 Å². The number of hydrogen-bond donors (Lipinski definition) is 1. The second-order valence-corrected chi connectivity index (χ2v) is 5.21. The molecular weight excluding hydrogens is 210 g/mol. The first-order valence-electron chi connectivity index (χ1n) is 6.66. The first-order valence-corrected chi connectivity index (χ1v) is 6.66. The third kappa shape index (κ3) is 3.83. The number of benzene rings is 1. The van der Waals surface area contributed by atoms with Crippen molar-refractivity contribution in [2.75, 3.05) is 6.54 Å². The van der Waals surface area contributed by atoms with E-state index < -0.39 is 0 Å². The molecular formula is C15H23NO. The Morgan fingerprint density at radius 1 is 1.29 bits per heavy atom. The fourth-order valence-electron chi connectivity index (χ4n) is 2.11. The number of rotatable bonds is 6. The maximum atomic E-state index is 9.79. The largest absolute Gasteiger partial charge is 0.392 e. The minimum absolute atomic E-state index is 0.180. The Kier molecular flexibility index (Phi) is 4.19. The first-order chi connectivity index (χ1) is 8.19. The lowest BCUT2D eigenvalue weighted by Crippen LogP contribution is -2.33. The Morgan fingerprint density at radius 2 is 1.94 bits per heavy atom. The van der Waals surface area contributed by atoms with Gasteiger partial charge in [0.2, 0.25) is 0 Å². The van der Waals surface area contributed by atoms with Crippen molar-refractivity contribution in [1.82, 2.24) is 4.90 Å². The average molecular weight is 233 g/mol. The van der Waals surface area contributed by atoms with Crippen LogP contribution in [0, 0.1) is 6.92 Å². The lowest BCUT2D eigenvalue weighted by atomic mass is 10.1. The van der Waals surface area contributed by atoms with E-state index in [4.69, 9.17) is 0 Å². The van der Waals surface area contributed by atoms with Gasteiger partial charge in [0.05, 0.1) is 6.10 Å². The molecule has 0 heterocycles. The van der Waals surface area contributed by atoms with Gasteiger partial charge in [-0.2, -0.15) is 0 Å². The zero-order valence-corrected chi connectivity index (χ0v) is 10.9. The molecule has 1 aromatic carbocycles. The molecule has 1 atom stereocenters. The number of aliphatic hydroxyl groups is 1. The second-order valence-electron chi connectivity index (χ2n) is 5.21. The van der Waals surface area contributed by atoms with Crippen molar-refractivity contribution in [3.8, 4) is 0 Å². The predicted octanol–water partition coefficient (Wildman–Crippen LogP) is 2.73. The first kappa shape index (κ1) is 12.6. The third-order valence-corrected chi connectivity index (χ3v) is 3.49. The van der Waals surface area contributed by atoms with Crippen molar-refractivity contribution in [2.24, 2.45) is 0 Å². The number of aryl methyl sites for hydroxylation is 1. The molecule has 0 radical (unpaired) electrons. The molecule has 1 aliphatic carbocycles. The quantitative estimate of drug-likeness (QED) is 0.816. The van der Waals surface area contributed by atoms with Crippen molar-refractivity contribution in [2.45, 2.75) is 51.8 Å². The van der Waals surface area contributed by atoms with E-state index in [0.717, 1.165) is 19.5 Å². The summed E-state index contributed by atoms with van der Waals surface area (Å²) in [5.74, 6) is 0. The van der Waals surface area contributed by atoms with Crippen LogP contribution in [0.25, 0.3) is 0 Å². The van der Waals surface area contributed by atoms with Crippen LogP contribution in [0.15, 0.2) is 24.3 Å². The lowest BCUT2D eigenvalue weighted by Gasteiger charge is -2.24. The molecule has 0 saturated heterocycles. The van der Waals surface area contributed by atoms with Gasteiger partial charge in [0.25, 0.3) is 0 Å². The molecule has 17 heavy (non-hydrogen) atoms. The highest BCUT2D eigenvalue weighted by molar-refractivity contribution is 5.21. The standard InChI is InChI=1S/C15H23NO/c1-3-15(17)11-16(14-8-9-14)10-13-6-4-12(2)5-7-13/h4-7,14-15,17H,3,8-11H2,1-2H3. The monoisotopic (exact) mass is 233 g/mol. The van der Waals surface area contributed by atoms with Gasteiger partial charge in [0, 0.05) is 19.1 Å². The van der Waals surface area contributed by atoms with E-state index in [2.05, 4.69) is 36.1 Å². The van der Waals surface area contributed by atoms with Crippen molar-refractivity contribution < 1.29 is 5.11 Å². The van der Waals surface area contributed by atoms with Gasteiger partial charge in [-0.05, 0) is 31.7 Å². The van der Waals surface area contributed by atoms with Gasteiger partial charge in [-0.3, -0.25) is 4.90 Å². The van der Waals surface area contributed by atoms with E-state index >= 15 is 0 Å². The van der Waals surface area contributed by atoms with Crippen molar-refractivity contribution in [3.63, 3.8) is 0 Å². The molecule has 2 rings (SSSR count). The van der Waals surface area contributed by atoms with Crippen LogP contribution in [-0.4, -0.2) is 28.7 Å². The molecule has 0 aromatic heterocycles. The molecule has 0 bridgehead atoms. The second kappa shape index (κ2) is 5.65. The van der Waals surface area contributed by atoms with Crippen LogP contribution in [0.1, 0.15) is 37.3 Å². The number of hydrogen-bond acceptors (Lipinski definition) is 2. The summed E-state index contributed by atoms with van der Waals surface area (Å²) in [6, 6.07) is 9.43. The summed E-state index contributed by atoms with van der Waals surface area (Å²) >= 11 is 0. The van der Waals surface area contributed by atoms with Gasteiger partial charge in [-0.15, -0.1) is 0 Å². The highest BCUT2D eigenvalue weighted by Crippen LogP contribution is 2.28. The SMILES string of the molecule is CCC(O)CN(Cc1ccc(C)cc1)C1CC1. The Labute approximate surface area is 104 Å². The van der Waals surface area contributed by atoms with Crippen molar-refractivity contribution in [1.29, 1.82) is 0 Å². The fourth-order valence-corrected chi connectivity index (χ4v) is 2.11. The summed E-state index contributed by atoms with van der Waals surface area (Å²) in [6.45, 7) is 5.95. The van der Waals surface area contributed by atoms with Gasteiger partial charge >= 0.3 is 0 Å². The minimum atomic E-state index is -0.180. The summed E-state index contributed by atoms with van der Waals surface area (Å²) < 4.78 is 0. The summed E-state index contributed by atoms with van der Waals surface area (Å²) in [5.41, 5.74) is 2.66. The van der Waals surface area contributed by atoms with Crippen LogP contribution in [-0.2, 0) is 6.54 Å².